The van der Waals surface area contributed by atoms with Gasteiger partial charge in [0, 0.05) is 5.56 Å². The molecule has 0 aliphatic carbocycles. The second-order valence-corrected chi connectivity index (χ2v) is 7.15. The lowest BCUT2D eigenvalue weighted by molar-refractivity contribution is -0.119. The van der Waals surface area contributed by atoms with Gasteiger partial charge in [0.05, 0.1) is 10.9 Å². The molecule has 2 aromatic rings. The molecule has 0 aliphatic rings. The number of primary sulfonamides is 1. The van der Waals surface area contributed by atoms with Crippen molar-refractivity contribution < 1.29 is 22.7 Å². The summed E-state index contributed by atoms with van der Waals surface area (Å²) in [7, 11) is -3.75. The van der Waals surface area contributed by atoms with Crippen molar-refractivity contribution in [3.8, 4) is 5.75 Å². The van der Waals surface area contributed by atoms with Gasteiger partial charge in [-0.1, -0.05) is 12.1 Å². The number of sulfonamides is 1. The standard InChI is InChI=1S/C17H19N3O5S/c1-11(12-4-8-15(9-5-12)26(19,23)24)20-17(22)13-2-6-14(7-3-13)25-10-16(18)21/h2-9,11H,10H2,1H3,(H2,18,21)(H,20,22)(H2,19,23,24). The summed E-state index contributed by atoms with van der Waals surface area (Å²) in [6, 6.07) is 11.8. The maximum Gasteiger partial charge on any atom is 0.255 e. The molecule has 9 heteroatoms. The van der Waals surface area contributed by atoms with Crippen LogP contribution in [0.2, 0.25) is 0 Å². The van der Waals surface area contributed by atoms with Crippen molar-refractivity contribution in [2.75, 3.05) is 6.61 Å². The van der Waals surface area contributed by atoms with Gasteiger partial charge in [-0.3, -0.25) is 9.59 Å². The van der Waals surface area contributed by atoms with Crippen molar-refractivity contribution in [2.24, 2.45) is 10.9 Å². The van der Waals surface area contributed by atoms with Crippen molar-refractivity contribution in [3.63, 3.8) is 0 Å². The first-order chi connectivity index (χ1) is 12.2. The summed E-state index contributed by atoms with van der Waals surface area (Å²) in [6.07, 6.45) is 0. The van der Waals surface area contributed by atoms with Crippen LogP contribution in [0.5, 0.6) is 5.75 Å². The van der Waals surface area contributed by atoms with Crippen LogP contribution in [0.1, 0.15) is 28.9 Å². The lowest BCUT2D eigenvalue weighted by Gasteiger charge is -2.15. The first-order valence-corrected chi connectivity index (χ1v) is 9.16. The molecule has 0 aromatic heterocycles. The fourth-order valence-electron chi connectivity index (χ4n) is 2.17. The summed E-state index contributed by atoms with van der Waals surface area (Å²) >= 11 is 0. The monoisotopic (exact) mass is 377 g/mol. The van der Waals surface area contributed by atoms with Crippen LogP contribution in [0.15, 0.2) is 53.4 Å². The van der Waals surface area contributed by atoms with Crippen LogP contribution in [0.25, 0.3) is 0 Å². The van der Waals surface area contributed by atoms with Gasteiger partial charge in [0.2, 0.25) is 10.0 Å². The molecule has 5 N–H and O–H groups in total. The number of nitrogens with one attached hydrogen (secondary N) is 1. The van der Waals surface area contributed by atoms with Gasteiger partial charge in [-0.2, -0.15) is 0 Å². The number of carbonyl (C=O) groups is 2. The topological polar surface area (TPSA) is 142 Å². The van der Waals surface area contributed by atoms with Gasteiger partial charge >= 0.3 is 0 Å². The Morgan fingerprint density at radius 3 is 2.15 bits per heavy atom. The van der Waals surface area contributed by atoms with Gasteiger partial charge in [0.1, 0.15) is 5.75 Å². The summed E-state index contributed by atoms with van der Waals surface area (Å²) in [5.74, 6) is -0.476. The molecule has 138 valence electrons. The van der Waals surface area contributed by atoms with Crippen LogP contribution in [0, 0.1) is 0 Å². The quantitative estimate of drug-likeness (QED) is 0.651. The molecule has 0 heterocycles. The van der Waals surface area contributed by atoms with E-state index in [1.54, 1.807) is 43.3 Å². The minimum absolute atomic E-state index is 0.00586. The number of nitrogens with two attached hydrogens (primary N) is 2. The van der Waals surface area contributed by atoms with Crippen LogP contribution < -0.4 is 20.9 Å². The smallest absolute Gasteiger partial charge is 0.255 e. The summed E-state index contributed by atoms with van der Waals surface area (Å²) in [6.45, 7) is 1.53. The Hall–Kier alpha value is -2.91. The Morgan fingerprint density at radius 1 is 1.08 bits per heavy atom. The van der Waals surface area contributed by atoms with Crippen LogP contribution >= 0.6 is 0 Å². The van der Waals surface area contributed by atoms with Crippen LogP contribution in [0.3, 0.4) is 0 Å². The van der Waals surface area contributed by atoms with Crippen LogP contribution in [-0.4, -0.2) is 26.8 Å². The zero-order valence-corrected chi connectivity index (χ0v) is 14.8. The van der Waals surface area contributed by atoms with Gasteiger partial charge < -0.3 is 15.8 Å². The van der Waals surface area contributed by atoms with E-state index in [-0.39, 0.29) is 23.5 Å². The average molecular weight is 377 g/mol. The first kappa shape index (κ1) is 19.4. The van der Waals surface area contributed by atoms with Crippen molar-refractivity contribution in [2.45, 2.75) is 17.9 Å². The van der Waals surface area contributed by atoms with E-state index in [4.69, 9.17) is 15.6 Å². The lowest BCUT2D eigenvalue weighted by Crippen LogP contribution is -2.26. The number of amides is 2. The molecular weight excluding hydrogens is 358 g/mol. The number of benzene rings is 2. The molecule has 0 fully saturated rings. The number of rotatable bonds is 7. The summed E-state index contributed by atoms with van der Waals surface area (Å²) in [5.41, 5.74) is 6.13. The maximum atomic E-state index is 12.3. The molecule has 2 amide bonds. The van der Waals surface area contributed by atoms with Gasteiger partial charge in [-0.25, -0.2) is 13.6 Å². The fourth-order valence-corrected chi connectivity index (χ4v) is 2.68. The Kier molecular flexibility index (Phi) is 5.96. The lowest BCUT2D eigenvalue weighted by atomic mass is 10.1. The van der Waals surface area contributed by atoms with Crippen molar-refractivity contribution in [1.82, 2.24) is 5.32 Å². The molecular formula is C17H19N3O5S. The summed E-state index contributed by atoms with van der Waals surface area (Å²) < 4.78 is 27.6. The molecule has 0 saturated heterocycles. The van der Waals surface area contributed by atoms with Gasteiger partial charge in [-0.15, -0.1) is 0 Å². The fraction of sp³-hybridized carbons (Fsp3) is 0.176. The zero-order valence-electron chi connectivity index (χ0n) is 14.0. The Bertz CT molecular complexity index is 893. The zero-order chi connectivity index (χ0) is 19.3. The third-order valence-electron chi connectivity index (χ3n) is 3.55. The summed E-state index contributed by atoms with van der Waals surface area (Å²) in [4.78, 5) is 23.0. The molecule has 2 rings (SSSR count). The van der Waals surface area contributed by atoms with Crippen molar-refractivity contribution in [1.29, 1.82) is 0 Å². The first-order valence-electron chi connectivity index (χ1n) is 7.61. The third-order valence-corrected chi connectivity index (χ3v) is 4.48. The van der Waals surface area contributed by atoms with E-state index < -0.39 is 15.9 Å². The molecule has 0 bridgehead atoms. The van der Waals surface area contributed by atoms with Gasteiger partial charge in [0.15, 0.2) is 6.61 Å². The molecule has 0 radical (unpaired) electrons. The second kappa shape index (κ2) is 7.98. The van der Waals surface area contributed by atoms with E-state index in [0.717, 1.165) is 5.56 Å². The normalized spacial score (nSPS) is 12.2. The van der Waals surface area contributed by atoms with Crippen molar-refractivity contribution >= 4 is 21.8 Å². The highest BCUT2D eigenvalue weighted by atomic mass is 32.2. The Balaban J connectivity index is 2.01. The molecule has 1 unspecified atom stereocenters. The molecule has 26 heavy (non-hydrogen) atoms. The largest absolute Gasteiger partial charge is 0.484 e. The molecule has 2 aromatic carbocycles. The molecule has 1 atom stereocenters. The molecule has 0 spiro atoms. The Morgan fingerprint density at radius 2 is 1.65 bits per heavy atom. The number of ether oxygens (including phenoxy) is 1. The van der Waals surface area contributed by atoms with Crippen molar-refractivity contribution in [3.05, 3.63) is 59.7 Å². The van der Waals surface area contributed by atoms with E-state index in [0.29, 0.717) is 11.3 Å². The third kappa shape index (κ3) is 5.30. The molecule has 0 saturated carbocycles. The average Bonchev–Trinajstić information content (AvgIpc) is 2.59. The van der Waals surface area contributed by atoms with E-state index >= 15 is 0 Å². The highest BCUT2D eigenvalue weighted by molar-refractivity contribution is 7.89. The van der Waals surface area contributed by atoms with Crippen LogP contribution in [-0.2, 0) is 14.8 Å². The highest BCUT2D eigenvalue weighted by Gasteiger charge is 2.13. The highest BCUT2D eigenvalue weighted by Crippen LogP contribution is 2.17. The van der Waals surface area contributed by atoms with E-state index in [1.807, 2.05) is 0 Å². The van der Waals surface area contributed by atoms with E-state index in [1.165, 1.54) is 12.1 Å². The SMILES string of the molecule is CC(NC(=O)c1ccc(OCC(N)=O)cc1)c1ccc(S(N)(=O)=O)cc1. The van der Waals surface area contributed by atoms with E-state index in [9.17, 15) is 18.0 Å². The number of primary amides is 1. The second-order valence-electron chi connectivity index (χ2n) is 5.59. The predicted octanol–water partition coefficient (Wildman–Crippen LogP) is 0.689. The van der Waals surface area contributed by atoms with E-state index in [2.05, 4.69) is 5.32 Å². The summed E-state index contributed by atoms with van der Waals surface area (Å²) in [5, 5.41) is 7.86. The van der Waals surface area contributed by atoms with Crippen LogP contribution in [0.4, 0.5) is 0 Å². The van der Waals surface area contributed by atoms with Gasteiger partial charge in [-0.05, 0) is 48.9 Å². The number of carbonyl (C=O) groups excluding carboxylic acids is 2. The minimum atomic E-state index is -3.75. The predicted molar refractivity (Wildman–Crippen MR) is 94.8 cm³/mol. The minimum Gasteiger partial charge on any atom is -0.484 e. The molecule has 8 nitrogen and oxygen atoms in total. The number of hydrogen-bond acceptors (Lipinski definition) is 5. The van der Waals surface area contributed by atoms with Gasteiger partial charge in [0.25, 0.3) is 11.8 Å². The molecule has 0 aliphatic heterocycles. The number of hydrogen-bond donors (Lipinski definition) is 3. The Labute approximate surface area is 151 Å². The maximum absolute atomic E-state index is 12.3.